The summed E-state index contributed by atoms with van der Waals surface area (Å²) in [7, 11) is -9.92. The third-order valence-electron chi connectivity index (χ3n) is 19.3. The van der Waals surface area contributed by atoms with Gasteiger partial charge in [-0.25, -0.2) is 9.13 Å². The fourth-order valence-electron chi connectivity index (χ4n) is 12.2. The minimum atomic E-state index is -4.96. The van der Waals surface area contributed by atoms with Crippen LogP contribution in [0, 0.1) is 23.7 Å². The van der Waals surface area contributed by atoms with Gasteiger partial charge in [-0.3, -0.25) is 37.3 Å². The average molecular weight is 1450 g/mol. The fourth-order valence-corrected chi connectivity index (χ4v) is 13.8. The molecule has 0 radical (unpaired) electrons. The number of carbonyl (C=O) groups is 4. The molecule has 588 valence electrons. The van der Waals surface area contributed by atoms with Crippen LogP contribution in [-0.4, -0.2) is 96.7 Å². The molecule has 0 fully saturated rings. The van der Waals surface area contributed by atoms with E-state index in [0.717, 1.165) is 114 Å². The second-order valence-corrected chi connectivity index (χ2v) is 33.1. The van der Waals surface area contributed by atoms with Crippen molar-refractivity contribution in [2.75, 3.05) is 39.6 Å². The van der Waals surface area contributed by atoms with Crippen molar-refractivity contribution >= 4 is 39.5 Å². The fraction of sp³-hybridized carbons (Fsp3) is 0.950. The van der Waals surface area contributed by atoms with Crippen LogP contribution in [0.15, 0.2) is 0 Å². The van der Waals surface area contributed by atoms with Crippen LogP contribution in [0.25, 0.3) is 0 Å². The number of unbranched alkanes of at least 4 members (excludes halogenated alkanes) is 41. The minimum absolute atomic E-state index is 0.106. The Morgan fingerprint density at radius 2 is 0.485 bits per heavy atom. The van der Waals surface area contributed by atoms with E-state index in [0.29, 0.717) is 31.6 Å². The van der Waals surface area contributed by atoms with Crippen molar-refractivity contribution in [2.45, 2.75) is 427 Å². The zero-order valence-electron chi connectivity index (χ0n) is 65.1. The summed E-state index contributed by atoms with van der Waals surface area (Å²) in [6.07, 6.45) is 55.5. The van der Waals surface area contributed by atoms with Gasteiger partial charge in [-0.1, -0.05) is 357 Å². The molecule has 17 nitrogen and oxygen atoms in total. The summed E-state index contributed by atoms with van der Waals surface area (Å²) in [5.41, 5.74) is 0. The van der Waals surface area contributed by atoms with Gasteiger partial charge in [0.15, 0.2) is 12.2 Å². The van der Waals surface area contributed by atoms with E-state index in [1.165, 1.54) is 205 Å². The van der Waals surface area contributed by atoms with Crippen LogP contribution < -0.4 is 0 Å². The molecule has 99 heavy (non-hydrogen) atoms. The molecule has 4 unspecified atom stereocenters. The number of hydrogen-bond donors (Lipinski definition) is 3. The summed E-state index contributed by atoms with van der Waals surface area (Å²) in [6.45, 7) is 14.3. The Balaban J connectivity index is 5.23. The van der Waals surface area contributed by atoms with Crippen LogP contribution in [0.2, 0.25) is 0 Å². The lowest BCUT2D eigenvalue weighted by molar-refractivity contribution is -0.161. The number of rotatable bonds is 77. The van der Waals surface area contributed by atoms with Crippen LogP contribution in [0.5, 0.6) is 0 Å². The van der Waals surface area contributed by atoms with Crippen LogP contribution in [-0.2, 0) is 65.4 Å². The monoisotopic (exact) mass is 1450 g/mol. The normalized spacial score (nSPS) is 14.6. The van der Waals surface area contributed by atoms with Gasteiger partial charge in [-0.15, -0.1) is 0 Å². The Kier molecular flexibility index (Phi) is 67.8. The number of esters is 4. The Labute approximate surface area is 607 Å². The highest BCUT2D eigenvalue weighted by Crippen LogP contribution is 2.45. The van der Waals surface area contributed by atoms with Crippen molar-refractivity contribution in [3.63, 3.8) is 0 Å². The third kappa shape index (κ3) is 71.5. The number of hydrogen-bond acceptors (Lipinski definition) is 15. The maximum absolute atomic E-state index is 13.1. The first-order valence-electron chi connectivity index (χ1n) is 41.3. The molecule has 0 rings (SSSR count). The molecule has 0 saturated carbocycles. The van der Waals surface area contributed by atoms with Gasteiger partial charge in [0.05, 0.1) is 26.4 Å². The second kappa shape index (κ2) is 69.1. The number of phosphoric ester groups is 2. The van der Waals surface area contributed by atoms with Crippen molar-refractivity contribution in [1.82, 2.24) is 0 Å². The molecule has 0 aliphatic rings. The van der Waals surface area contributed by atoms with Gasteiger partial charge >= 0.3 is 39.5 Å². The zero-order chi connectivity index (χ0) is 73.1. The molecule has 0 aromatic heterocycles. The summed E-state index contributed by atoms with van der Waals surface area (Å²) < 4.78 is 68.7. The largest absolute Gasteiger partial charge is 0.472 e. The predicted molar refractivity (Wildman–Crippen MR) is 404 cm³/mol. The molecule has 0 spiro atoms. The lowest BCUT2D eigenvalue weighted by atomic mass is 9.99. The van der Waals surface area contributed by atoms with Gasteiger partial charge in [0.25, 0.3) is 0 Å². The van der Waals surface area contributed by atoms with E-state index in [2.05, 4.69) is 55.4 Å². The van der Waals surface area contributed by atoms with Crippen molar-refractivity contribution < 1.29 is 80.2 Å². The molecular weight excluding hydrogens is 1290 g/mol. The Hall–Kier alpha value is -1.94. The highest BCUT2D eigenvalue weighted by Gasteiger charge is 2.30. The summed E-state index contributed by atoms with van der Waals surface area (Å²) >= 11 is 0. The van der Waals surface area contributed by atoms with E-state index in [9.17, 15) is 43.2 Å². The first kappa shape index (κ1) is 97.1. The minimum Gasteiger partial charge on any atom is -0.462 e. The van der Waals surface area contributed by atoms with Crippen molar-refractivity contribution in [3.05, 3.63) is 0 Å². The molecule has 0 bridgehead atoms. The van der Waals surface area contributed by atoms with Crippen molar-refractivity contribution in [3.8, 4) is 0 Å². The Morgan fingerprint density at radius 3 is 0.717 bits per heavy atom. The highest BCUT2D eigenvalue weighted by atomic mass is 31.2. The maximum Gasteiger partial charge on any atom is 0.472 e. The van der Waals surface area contributed by atoms with Gasteiger partial charge in [-0.05, 0) is 49.4 Å². The summed E-state index contributed by atoms with van der Waals surface area (Å²) in [5.74, 6) is 1.03. The number of ether oxygens (including phenoxy) is 4. The standard InChI is InChI=1S/C80H156O17P2/c1-9-72(7)58-50-42-33-27-21-15-11-13-17-23-30-36-46-54-62-79(84)96-75(66-90-77(82)60-52-44-35-29-25-19-20-26-32-40-48-56-70(3)4)68-94-98(86,87)92-64-74(81)65-93-99(88,89)95-69-76(67-91-78(83)61-53-45-39-38-41-49-57-71(5)6)97-80(85)63-55-47-37-31-24-18-14-12-16-22-28-34-43-51-59-73(8)10-2/h70-76,81H,9-69H2,1-8H3,(H,86,87)(H,88,89)/t72?,73?,74-,75-,76-/m1/s1. The van der Waals surface area contributed by atoms with E-state index in [1.807, 2.05) is 0 Å². The van der Waals surface area contributed by atoms with Gasteiger partial charge in [0.1, 0.15) is 19.3 Å². The van der Waals surface area contributed by atoms with Gasteiger partial charge < -0.3 is 33.8 Å². The molecule has 0 aliphatic carbocycles. The molecular formula is C80H156O17P2. The molecule has 0 aromatic rings. The van der Waals surface area contributed by atoms with Gasteiger partial charge in [0.2, 0.25) is 0 Å². The quantitative estimate of drug-likeness (QED) is 0.0222. The SMILES string of the molecule is CCC(C)CCCCCCCCCCCCCCCCC(=O)O[C@H](COC(=O)CCCCCCCCCCCCCC(C)C)COP(=O)(O)OC[C@@H](O)COP(=O)(O)OC[C@@H](COC(=O)CCCCCCCCC(C)C)OC(=O)CCCCCCCCCCCCCCCCC(C)CC. The van der Waals surface area contributed by atoms with Gasteiger partial charge in [0, 0.05) is 25.7 Å². The number of aliphatic hydroxyl groups excluding tert-OH is 1. The van der Waals surface area contributed by atoms with E-state index in [1.54, 1.807) is 0 Å². The summed E-state index contributed by atoms with van der Waals surface area (Å²) in [4.78, 5) is 73.0. The molecule has 0 amide bonds. The number of aliphatic hydroxyl groups is 1. The smallest absolute Gasteiger partial charge is 0.462 e. The first-order chi connectivity index (χ1) is 47.7. The van der Waals surface area contributed by atoms with Crippen molar-refractivity contribution in [1.29, 1.82) is 0 Å². The number of carbonyl (C=O) groups excluding carboxylic acids is 4. The highest BCUT2D eigenvalue weighted by molar-refractivity contribution is 7.47. The Morgan fingerprint density at radius 1 is 0.283 bits per heavy atom. The molecule has 19 heteroatoms. The zero-order valence-corrected chi connectivity index (χ0v) is 66.9. The molecule has 0 aliphatic heterocycles. The lowest BCUT2D eigenvalue weighted by Gasteiger charge is -2.21. The topological polar surface area (TPSA) is 237 Å². The molecule has 0 saturated heterocycles. The van der Waals surface area contributed by atoms with Crippen molar-refractivity contribution in [2.24, 2.45) is 23.7 Å². The summed E-state index contributed by atoms with van der Waals surface area (Å²) in [5, 5.41) is 10.6. The van der Waals surface area contributed by atoms with E-state index in [-0.39, 0.29) is 25.7 Å². The average Bonchev–Trinajstić information content (AvgIpc) is 1.24. The van der Waals surface area contributed by atoms with E-state index in [4.69, 9.17) is 37.0 Å². The van der Waals surface area contributed by atoms with E-state index < -0.39 is 97.5 Å². The van der Waals surface area contributed by atoms with Crippen LogP contribution in [0.1, 0.15) is 409 Å². The summed E-state index contributed by atoms with van der Waals surface area (Å²) in [6, 6.07) is 0. The third-order valence-corrected chi connectivity index (χ3v) is 21.2. The lowest BCUT2D eigenvalue weighted by Crippen LogP contribution is -2.30. The van der Waals surface area contributed by atoms with Gasteiger partial charge in [-0.2, -0.15) is 0 Å². The maximum atomic E-state index is 13.1. The number of phosphoric acid groups is 2. The first-order valence-corrected chi connectivity index (χ1v) is 44.3. The second-order valence-electron chi connectivity index (χ2n) is 30.2. The molecule has 3 N–H and O–H groups in total. The van der Waals surface area contributed by atoms with Crippen LogP contribution in [0.4, 0.5) is 0 Å². The Bertz CT molecular complexity index is 1940. The van der Waals surface area contributed by atoms with Crippen LogP contribution in [0.3, 0.4) is 0 Å². The van der Waals surface area contributed by atoms with Crippen LogP contribution >= 0.6 is 15.6 Å². The molecule has 0 aromatic carbocycles. The molecule has 0 heterocycles. The predicted octanol–water partition coefficient (Wildman–Crippen LogP) is 23.6. The molecule has 7 atom stereocenters. The van der Waals surface area contributed by atoms with E-state index >= 15 is 0 Å².